The van der Waals surface area contributed by atoms with E-state index in [4.69, 9.17) is 0 Å². The molecule has 142 valence electrons. The number of carbonyl (C=O) groups excluding carboxylic acids is 3. The minimum atomic E-state index is -0.909. The van der Waals surface area contributed by atoms with Crippen LogP contribution < -0.4 is 10.6 Å². The molecule has 0 aliphatic carbocycles. The zero-order valence-electron chi connectivity index (χ0n) is 14.7. The van der Waals surface area contributed by atoms with E-state index in [0.29, 0.717) is 5.56 Å². The fraction of sp³-hybridized carbons (Fsp3) is 0.211. The van der Waals surface area contributed by atoms with E-state index in [0.717, 1.165) is 12.1 Å². The molecule has 0 aliphatic heterocycles. The second kappa shape index (κ2) is 9.42. The molecule has 0 fully saturated rings. The highest BCUT2D eigenvalue weighted by atomic mass is 19.1. The second-order valence-corrected chi connectivity index (χ2v) is 5.60. The van der Waals surface area contributed by atoms with E-state index in [2.05, 4.69) is 10.6 Å². The van der Waals surface area contributed by atoms with E-state index in [1.807, 2.05) is 0 Å². The number of hydrogen-bond donors (Lipinski definition) is 2. The Morgan fingerprint density at radius 2 is 1.59 bits per heavy atom. The monoisotopic (exact) mass is 375 g/mol. The van der Waals surface area contributed by atoms with Gasteiger partial charge in [-0.3, -0.25) is 14.4 Å². The summed E-state index contributed by atoms with van der Waals surface area (Å²) in [6, 6.07) is 11.6. The fourth-order valence-electron chi connectivity index (χ4n) is 2.31. The SMILES string of the molecule is CCN(CC(=O)Nc1c(F)cccc1F)C(=O)CNC(=O)c1ccccc1. The van der Waals surface area contributed by atoms with E-state index in [9.17, 15) is 23.2 Å². The van der Waals surface area contributed by atoms with Gasteiger partial charge >= 0.3 is 0 Å². The number of halogens is 2. The highest BCUT2D eigenvalue weighted by Crippen LogP contribution is 2.17. The lowest BCUT2D eigenvalue weighted by Gasteiger charge is -2.20. The van der Waals surface area contributed by atoms with Crippen molar-refractivity contribution in [3.8, 4) is 0 Å². The zero-order valence-corrected chi connectivity index (χ0v) is 14.7. The Kier molecular flexibility index (Phi) is 6.99. The fourth-order valence-corrected chi connectivity index (χ4v) is 2.31. The summed E-state index contributed by atoms with van der Waals surface area (Å²) in [6.07, 6.45) is 0. The third-order valence-electron chi connectivity index (χ3n) is 3.73. The molecule has 0 radical (unpaired) electrons. The van der Waals surface area contributed by atoms with Crippen LogP contribution in [-0.4, -0.2) is 42.3 Å². The number of para-hydroxylation sites is 1. The number of hydrogen-bond acceptors (Lipinski definition) is 3. The maximum Gasteiger partial charge on any atom is 0.251 e. The molecule has 0 heterocycles. The lowest BCUT2D eigenvalue weighted by molar-refractivity contribution is -0.133. The summed E-state index contributed by atoms with van der Waals surface area (Å²) in [4.78, 5) is 37.4. The molecule has 27 heavy (non-hydrogen) atoms. The predicted octanol–water partition coefficient (Wildman–Crippen LogP) is 2.18. The van der Waals surface area contributed by atoms with E-state index in [1.54, 1.807) is 37.3 Å². The smallest absolute Gasteiger partial charge is 0.251 e. The average Bonchev–Trinajstić information content (AvgIpc) is 2.67. The molecule has 3 amide bonds. The molecular formula is C19H19F2N3O3. The molecule has 0 atom stereocenters. The first-order valence-electron chi connectivity index (χ1n) is 8.27. The largest absolute Gasteiger partial charge is 0.343 e. The van der Waals surface area contributed by atoms with Crippen LogP contribution in [0.4, 0.5) is 14.5 Å². The highest BCUT2D eigenvalue weighted by Gasteiger charge is 2.18. The minimum absolute atomic E-state index is 0.188. The zero-order chi connectivity index (χ0) is 19.8. The molecule has 2 rings (SSSR count). The van der Waals surface area contributed by atoms with Crippen LogP contribution in [0, 0.1) is 11.6 Å². The molecule has 0 unspecified atom stereocenters. The Bertz CT molecular complexity index is 808. The van der Waals surface area contributed by atoms with Crippen molar-refractivity contribution in [3.05, 3.63) is 65.7 Å². The molecule has 2 aromatic rings. The van der Waals surface area contributed by atoms with Crippen LogP contribution in [0.2, 0.25) is 0 Å². The Morgan fingerprint density at radius 1 is 0.963 bits per heavy atom. The van der Waals surface area contributed by atoms with Gasteiger partial charge in [0.25, 0.3) is 5.91 Å². The van der Waals surface area contributed by atoms with Gasteiger partial charge in [-0.15, -0.1) is 0 Å². The van der Waals surface area contributed by atoms with E-state index >= 15 is 0 Å². The Balaban J connectivity index is 1.90. The molecule has 0 aliphatic rings. The molecular weight excluding hydrogens is 356 g/mol. The average molecular weight is 375 g/mol. The standard InChI is InChI=1S/C19H19F2N3O3/c1-2-24(12-16(25)23-18-14(20)9-6-10-15(18)21)17(26)11-22-19(27)13-7-4-3-5-8-13/h3-10H,2,11-12H2,1H3,(H,22,27)(H,23,25). The van der Waals surface area contributed by atoms with E-state index in [-0.39, 0.29) is 13.1 Å². The van der Waals surface area contributed by atoms with Gasteiger partial charge in [0, 0.05) is 12.1 Å². The number of benzene rings is 2. The Hall–Kier alpha value is -3.29. The summed E-state index contributed by atoms with van der Waals surface area (Å²) < 4.78 is 27.2. The van der Waals surface area contributed by atoms with Crippen molar-refractivity contribution in [1.82, 2.24) is 10.2 Å². The predicted molar refractivity (Wildman–Crippen MR) is 96.0 cm³/mol. The molecule has 2 N–H and O–H groups in total. The molecule has 0 saturated carbocycles. The van der Waals surface area contributed by atoms with Gasteiger partial charge in [0.05, 0.1) is 13.1 Å². The number of likely N-dealkylation sites (N-methyl/N-ethyl adjacent to an activating group) is 1. The molecule has 0 spiro atoms. The molecule has 0 bridgehead atoms. The van der Waals surface area contributed by atoms with Gasteiger partial charge in [-0.05, 0) is 31.2 Å². The second-order valence-electron chi connectivity index (χ2n) is 5.60. The van der Waals surface area contributed by atoms with Crippen LogP contribution in [0.1, 0.15) is 17.3 Å². The first kappa shape index (κ1) is 20.0. The van der Waals surface area contributed by atoms with Gasteiger partial charge in [0.1, 0.15) is 17.3 Å². The maximum absolute atomic E-state index is 13.6. The third kappa shape index (κ3) is 5.60. The summed E-state index contributed by atoms with van der Waals surface area (Å²) in [5.41, 5.74) is -0.162. The van der Waals surface area contributed by atoms with Crippen LogP contribution in [0.25, 0.3) is 0 Å². The first-order chi connectivity index (χ1) is 12.9. The molecule has 6 nitrogen and oxygen atoms in total. The van der Waals surface area contributed by atoms with Crippen molar-refractivity contribution in [3.63, 3.8) is 0 Å². The number of nitrogens with zero attached hydrogens (tertiary/aromatic N) is 1. The lowest BCUT2D eigenvalue weighted by Crippen LogP contribution is -2.43. The quantitative estimate of drug-likeness (QED) is 0.779. The Labute approximate surface area is 155 Å². The number of amides is 3. The normalized spacial score (nSPS) is 10.2. The number of nitrogens with one attached hydrogen (secondary N) is 2. The van der Waals surface area contributed by atoms with Gasteiger partial charge in [-0.2, -0.15) is 0 Å². The van der Waals surface area contributed by atoms with Gasteiger partial charge in [-0.1, -0.05) is 24.3 Å². The Morgan fingerprint density at radius 3 is 2.19 bits per heavy atom. The number of anilines is 1. The number of carbonyl (C=O) groups is 3. The summed E-state index contributed by atoms with van der Waals surface area (Å²) in [7, 11) is 0. The van der Waals surface area contributed by atoms with Crippen molar-refractivity contribution in [2.45, 2.75) is 6.92 Å². The molecule has 2 aromatic carbocycles. The van der Waals surface area contributed by atoms with Crippen LogP contribution >= 0.6 is 0 Å². The van der Waals surface area contributed by atoms with Crippen molar-refractivity contribution >= 4 is 23.4 Å². The van der Waals surface area contributed by atoms with E-state index in [1.165, 1.54) is 11.0 Å². The minimum Gasteiger partial charge on any atom is -0.343 e. The number of rotatable bonds is 7. The first-order valence-corrected chi connectivity index (χ1v) is 8.27. The maximum atomic E-state index is 13.6. The molecule has 0 aromatic heterocycles. The highest BCUT2D eigenvalue weighted by molar-refractivity contribution is 5.98. The summed E-state index contributed by atoms with van der Waals surface area (Å²) in [6.45, 7) is 1.13. The van der Waals surface area contributed by atoms with E-state index < -0.39 is 41.6 Å². The lowest BCUT2D eigenvalue weighted by atomic mass is 10.2. The summed E-state index contributed by atoms with van der Waals surface area (Å²) in [5, 5.41) is 4.59. The van der Waals surface area contributed by atoms with Crippen molar-refractivity contribution in [2.24, 2.45) is 0 Å². The van der Waals surface area contributed by atoms with Gasteiger partial charge in [0.15, 0.2) is 0 Å². The van der Waals surface area contributed by atoms with Crippen molar-refractivity contribution in [2.75, 3.05) is 25.0 Å². The third-order valence-corrected chi connectivity index (χ3v) is 3.73. The van der Waals surface area contributed by atoms with Crippen molar-refractivity contribution < 1.29 is 23.2 Å². The van der Waals surface area contributed by atoms with Crippen LogP contribution in [-0.2, 0) is 9.59 Å². The van der Waals surface area contributed by atoms with Crippen LogP contribution in [0.5, 0.6) is 0 Å². The van der Waals surface area contributed by atoms with Crippen LogP contribution in [0.15, 0.2) is 48.5 Å². The summed E-state index contributed by atoms with van der Waals surface area (Å²) >= 11 is 0. The molecule has 0 saturated heterocycles. The van der Waals surface area contributed by atoms with Crippen molar-refractivity contribution in [1.29, 1.82) is 0 Å². The topological polar surface area (TPSA) is 78.5 Å². The molecule has 8 heteroatoms. The van der Waals surface area contributed by atoms with Gasteiger partial charge in [-0.25, -0.2) is 8.78 Å². The summed E-state index contributed by atoms with van der Waals surface area (Å²) in [5.74, 6) is -3.48. The van der Waals surface area contributed by atoms with Crippen LogP contribution in [0.3, 0.4) is 0 Å². The van der Waals surface area contributed by atoms with Gasteiger partial charge in [0.2, 0.25) is 11.8 Å². The van der Waals surface area contributed by atoms with Gasteiger partial charge < -0.3 is 15.5 Å².